The van der Waals surface area contributed by atoms with Crippen LogP contribution in [0, 0.1) is 17.8 Å². The zero-order valence-electron chi connectivity index (χ0n) is 19.9. The number of carboxylic acids is 1. The second-order valence-corrected chi connectivity index (χ2v) is 11.0. The molecule has 0 aromatic heterocycles. The van der Waals surface area contributed by atoms with Crippen molar-refractivity contribution in [3.8, 4) is 0 Å². The Kier molecular flexibility index (Phi) is 10.2. The zero-order valence-corrected chi connectivity index (χ0v) is 21.5. The van der Waals surface area contributed by atoms with Crippen molar-refractivity contribution in [1.29, 1.82) is 0 Å². The molecule has 0 radical (unpaired) electrons. The zero-order chi connectivity index (χ0) is 27.3. The van der Waals surface area contributed by atoms with Crippen molar-refractivity contribution in [2.24, 2.45) is 22.7 Å². The molecule has 3 rings (SSSR count). The standard InChI is InChI=1S/C22H32Cl2F3N5O5/c23-12-6-14(19(36)15(24)7-12)16(8-18(34)35)32-17(33)9-30-20(37)10-3-11(22(25,26)27)5-13(4-10)31-21-28-1-2-29-21/h10-16,19,36H,1-9H2,(H,30,37)(H,32,33)(H,34,35)(H2,28,29,31). The summed E-state index contributed by atoms with van der Waals surface area (Å²) in [6, 6.07) is -1.63. The average molecular weight is 574 g/mol. The first-order chi connectivity index (χ1) is 17.3. The van der Waals surface area contributed by atoms with Gasteiger partial charge in [0.1, 0.15) is 0 Å². The molecule has 2 aliphatic carbocycles. The molecule has 1 aliphatic heterocycles. The summed E-state index contributed by atoms with van der Waals surface area (Å²) in [7, 11) is 0. The molecule has 0 spiro atoms. The molecule has 0 aromatic carbocycles. The molecule has 10 nitrogen and oxygen atoms in total. The molecule has 3 aliphatic rings. The van der Waals surface area contributed by atoms with E-state index in [0.29, 0.717) is 25.5 Å². The number of nitrogens with zero attached hydrogens (tertiary/aromatic N) is 1. The van der Waals surface area contributed by atoms with Gasteiger partial charge in [0.2, 0.25) is 11.8 Å². The van der Waals surface area contributed by atoms with Gasteiger partial charge >= 0.3 is 12.1 Å². The second-order valence-electron chi connectivity index (χ2n) is 9.87. The number of carboxylic acid groups (broad SMARTS) is 1. The number of hydrogen-bond acceptors (Lipinski definition) is 7. The number of halogens is 5. The van der Waals surface area contributed by atoms with Gasteiger partial charge < -0.3 is 31.5 Å². The van der Waals surface area contributed by atoms with E-state index in [0.717, 1.165) is 0 Å². The number of rotatable bonds is 8. The van der Waals surface area contributed by atoms with Gasteiger partial charge in [-0.15, -0.1) is 23.2 Å². The fraction of sp³-hybridized carbons (Fsp3) is 0.818. The number of nitrogens with one attached hydrogen (secondary N) is 4. The highest BCUT2D eigenvalue weighted by atomic mass is 35.5. The Morgan fingerprint density at radius 2 is 1.86 bits per heavy atom. The predicted molar refractivity (Wildman–Crippen MR) is 129 cm³/mol. The molecule has 2 saturated carbocycles. The first-order valence-electron chi connectivity index (χ1n) is 12.2. The fourth-order valence-electron chi connectivity index (χ4n) is 5.26. The summed E-state index contributed by atoms with van der Waals surface area (Å²) in [4.78, 5) is 40.8. The second kappa shape index (κ2) is 12.7. The highest BCUT2D eigenvalue weighted by Crippen LogP contribution is 2.40. The van der Waals surface area contributed by atoms with E-state index in [2.05, 4.69) is 26.3 Å². The van der Waals surface area contributed by atoms with Gasteiger partial charge in [-0.25, -0.2) is 0 Å². The average Bonchev–Trinajstić information content (AvgIpc) is 3.31. The molecular formula is C22H32Cl2F3N5O5. The molecule has 8 unspecified atom stereocenters. The van der Waals surface area contributed by atoms with Gasteiger partial charge in [0.15, 0.2) is 5.96 Å². The minimum Gasteiger partial charge on any atom is -0.481 e. The van der Waals surface area contributed by atoms with E-state index in [4.69, 9.17) is 23.2 Å². The number of aliphatic imine (C=N–C) groups is 1. The maximum Gasteiger partial charge on any atom is 0.391 e. The van der Waals surface area contributed by atoms with Crippen LogP contribution < -0.4 is 21.3 Å². The summed E-state index contributed by atoms with van der Waals surface area (Å²) in [5, 5.41) is 29.3. The number of alkyl halides is 5. The first kappa shape index (κ1) is 29.6. The lowest BCUT2D eigenvalue weighted by atomic mass is 9.77. The lowest BCUT2D eigenvalue weighted by molar-refractivity contribution is -0.188. The fourth-order valence-corrected chi connectivity index (χ4v) is 6.15. The number of amides is 2. The highest BCUT2D eigenvalue weighted by molar-refractivity contribution is 6.24. The van der Waals surface area contributed by atoms with Gasteiger partial charge in [-0.05, 0) is 32.1 Å². The molecule has 0 aromatic rings. The Morgan fingerprint density at radius 3 is 2.49 bits per heavy atom. The number of guanidine groups is 1. The van der Waals surface area contributed by atoms with E-state index in [1.165, 1.54) is 0 Å². The summed E-state index contributed by atoms with van der Waals surface area (Å²) >= 11 is 12.3. The van der Waals surface area contributed by atoms with Gasteiger partial charge in [0.25, 0.3) is 0 Å². The van der Waals surface area contributed by atoms with Crippen molar-refractivity contribution < 1.29 is 37.8 Å². The van der Waals surface area contributed by atoms with Crippen LogP contribution in [0.25, 0.3) is 0 Å². The third kappa shape index (κ3) is 8.51. The van der Waals surface area contributed by atoms with Crippen LogP contribution in [0.5, 0.6) is 0 Å². The number of aliphatic carboxylic acids is 1. The van der Waals surface area contributed by atoms with E-state index in [-0.39, 0.29) is 19.3 Å². The van der Waals surface area contributed by atoms with Crippen LogP contribution in [0.1, 0.15) is 38.5 Å². The van der Waals surface area contributed by atoms with Gasteiger partial charge in [-0.3, -0.25) is 19.4 Å². The van der Waals surface area contributed by atoms with Crippen LogP contribution in [0.15, 0.2) is 4.99 Å². The first-order valence-corrected chi connectivity index (χ1v) is 13.1. The number of carbonyl (C=O) groups excluding carboxylic acids is 2. The SMILES string of the molecule is O=C(O)CC(NC(=O)CNC(=O)C1CC(NC2=NCCN2)CC(C(F)(F)F)C1)C1CC(Cl)CC(Cl)C1O. The molecular weight excluding hydrogens is 542 g/mol. The van der Waals surface area contributed by atoms with E-state index < -0.39 is 90.0 Å². The third-order valence-electron chi connectivity index (χ3n) is 7.05. The van der Waals surface area contributed by atoms with Crippen LogP contribution in [-0.2, 0) is 14.4 Å². The molecule has 6 N–H and O–H groups in total. The van der Waals surface area contributed by atoms with E-state index >= 15 is 0 Å². The number of aliphatic hydroxyl groups excluding tert-OH is 1. The van der Waals surface area contributed by atoms with Crippen LogP contribution in [0.2, 0.25) is 0 Å². The van der Waals surface area contributed by atoms with E-state index in [1.54, 1.807) is 0 Å². The largest absolute Gasteiger partial charge is 0.481 e. The normalized spacial score (nSPS) is 33.0. The van der Waals surface area contributed by atoms with E-state index in [1.807, 2.05) is 0 Å². The summed E-state index contributed by atoms with van der Waals surface area (Å²) in [5.74, 6) is -5.66. The summed E-state index contributed by atoms with van der Waals surface area (Å²) < 4.78 is 40.6. The predicted octanol–water partition coefficient (Wildman–Crippen LogP) is 0.944. The van der Waals surface area contributed by atoms with Crippen molar-refractivity contribution in [3.63, 3.8) is 0 Å². The van der Waals surface area contributed by atoms with Crippen molar-refractivity contribution in [2.45, 2.75) is 73.6 Å². The Morgan fingerprint density at radius 1 is 1.14 bits per heavy atom. The Balaban J connectivity index is 1.59. The van der Waals surface area contributed by atoms with Gasteiger partial charge in [-0.1, -0.05) is 0 Å². The molecule has 210 valence electrons. The van der Waals surface area contributed by atoms with Crippen molar-refractivity contribution in [2.75, 3.05) is 19.6 Å². The number of hydrogen-bond donors (Lipinski definition) is 6. The molecule has 0 saturated heterocycles. The van der Waals surface area contributed by atoms with Crippen LogP contribution in [0.3, 0.4) is 0 Å². The molecule has 1 heterocycles. The Hall–Kier alpha value is -1.99. The molecule has 8 atom stereocenters. The molecule has 2 fully saturated rings. The topological polar surface area (TPSA) is 152 Å². The van der Waals surface area contributed by atoms with Crippen LogP contribution in [0.4, 0.5) is 13.2 Å². The van der Waals surface area contributed by atoms with Gasteiger partial charge in [0, 0.05) is 35.8 Å². The highest BCUT2D eigenvalue weighted by Gasteiger charge is 2.47. The number of aliphatic hydroxyl groups is 1. The maximum atomic E-state index is 13.5. The van der Waals surface area contributed by atoms with Crippen molar-refractivity contribution >= 4 is 46.9 Å². The summed E-state index contributed by atoms with van der Waals surface area (Å²) in [6.45, 7) is 0.523. The van der Waals surface area contributed by atoms with Crippen molar-refractivity contribution in [3.05, 3.63) is 0 Å². The quantitative estimate of drug-likeness (QED) is 0.236. The minimum atomic E-state index is -4.48. The smallest absolute Gasteiger partial charge is 0.391 e. The van der Waals surface area contributed by atoms with Crippen LogP contribution >= 0.6 is 23.2 Å². The van der Waals surface area contributed by atoms with Crippen molar-refractivity contribution in [1.82, 2.24) is 21.3 Å². The summed E-state index contributed by atoms with van der Waals surface area (Å²) in [5.41, 5.74) is 0. The monoisotopic (exact) mass is 573 g/mol. The molecule has 2 amide bonds. The van der Waals surface area contributed by atoms with Gasteiger partial charge in [-0.2, -0.15) is 13.2 Å². The molecule has 15 heteroatoms. The minimum absolute atomic E-state index is 0.130. The maximum absolute atomic E-state index is 13.5. The Bertz CT molecular complexity index is 880. The number of carbonyl (C=O) groups is 3. The lowest BCUT2D eigenvalue weighted by Gasteiger charge is -2.38. The Labute approximate surface area is 222 Å². The van der Waals surface area contributed by atoms with Gasteiger partial charge in [0.05, 0.1) is 36.9 Å². The van der Waals surface area contributed by atoms with Crippen LogP contribution in [-0.4, -0.2) is 88.7 Å². The lowest BCUT2D eigenvalue weighted by Crippen LogP contribution is -2.53. The van der Waals surface area contributed by atoms with E-state index in [9.17, 15) is 37.8 Å². The molecule has 37 heavy (non-hydrogen) atoms. The third-order valence-corrected chi connectivity index (χ3v) is 7.85. The summed E-state index contributed by atoms with van der Waals surface area (Å²) in [6.07, 6.45) is -6.00. The molecule has 0 bridgehead atoms.